The largest absolute Gasteiger partial charge is 0.392 e. The number of nitrogens with one attached hydrogen (secondary N) is 1. The number of rotatable bonds is 5. The van der Waals surface area contributed by atoms with Crippen molar-refractivity contribution in [2.45, 2.75) is 45.5 Å². The van der Waals surface area contributed by atoms with Crippen LogP contribution in [0.1, 0.15) is 40.9 Å². The van der Waals surface area contributed by atoms with E-state index in [1.807, 2.05) is 31.2 Å². The number of imidazole rings is 2. The van der Waals surface area contributed by atoms with Crippen LogP contribution in [-0.2, 0) is 25.9 Å². The molecular formula is C25H23F4N5O. The number of hydrogen-bond donors (Lipinski definition) is 1. The second-order valence-electron chi connectivity index (χ2n) is 8.68. The van der Waals surface area contributed by atoms with Crippen LogP contribution in [0.5, 0.6) is 0 Å². The first-order valence-corrected chi connectivity index (χ1v) is 11.4. The molecule has 4 aromatic rings. The van der Waals surface area contributed by atoms with E-state index in [0.29, 0.717) is 41.5 Å². The molecule has 0 saturated heterocycles. The van der Waals surface area contributed by atoms with Crippen LogP contribution in [0.2, 0.25) is 0 Å². The molecule has 1 aliphatic heterocycles. The average molecular weight is 485 g/mol. The van der Waals surface area contributed by atoms with Crippen LogP contribution in [-0.4, -0.2) is 31.0 Å². The Morgan fingerprint density at radius 2 is 1.94 bits per heavy atom. The van der Waals surface area contributed by atoms with Crippen molar-refractivity contribution >= 4 is 11.6 Å². The number of carbonyl (C=O) groups is 1. The van der Waals surface area contributed by atoms with Gasteiger partial charge in [0.15, 0.2) is 0 Å². The number of halogens is 4. The summed E-state index contributed by atoms with van der Waals surface area (Å²) in [6, 6.07) is 9.93. The molecule has 1 N–H and O–H groups in total. The third kappa shape index (κ3) is 4.52. The highest BCUT2D eigenvalue weighted by atomic mass is 19.4. The summed E-state index contributed by atoms with van der Waals surface area (Å²) in [6.45, 7) is 2.45. The van der Waals surface area contributed by atoms with Crippen LogP contribution in [0.3, 0.4) is 0 Å². The number of benzene rings is 1. The van der Waals surface area contributed by atoms with Gasteiger partial charge in [-0.25, -0.2) is 14.4 Å². The van der Waals surface area contributed by atoms with Gasteiger partial charge in [-0.15, -0.1) is 0 Å². The summed E-state index contributed by atoms with van der Waals surface area (Å²) in [5, 5.41) is 2.88. The summed E-state index contributed by atoms with van der Waals surface area (Å²) < 4.78 is 56.1. The molecule has 0 saturated carbocycles. The number of pyridine rings is 1. The van der Waals surface area contributed by atoms with Gasteiger partial charge in [0, 0.05) is 43.5 Å². The highest BCUT2D eigenvalue weighted by Gasteiger charge is 2.41. The zero-order valence-electron chi connectivity index (χ0n) is 18.9. The van der Waals surface area contributed by atoms with E-state index in [0.717, 1.165) is 11.1 Å². The molecule has 0 aliphatic carbocycles. The summed E-state index contributed by atoms with van der Waals surface area (Å²) in [5.41, 5.74) is 3.60. The Kier molecular flexibility index (Phi) is 5.82. The monoisotopic (exact) mass is 485 g/mol. The Morgan fingerprint density at radius 1 is 1.17 bits per heavy atom. The fourth-order valence-corrected chi connectivity index (χ4v) is 4.46. The summed E-state index contributed by atoms with van der Waals surface area (Å²) in [4.78, 5) is 21.7. The molecule has 0 unspecified atom stereocenters. The van der Waals surface area contributed by atoms with Crippen molar-refractivity contribution in [3.05, 3.63) is 77.4 Å². The van der Waals surface area contributed by atoms with Gasteiger partial charge in [0.1, 0.15) is 23.0 Å². The van der Waals surface area contributed by atoms with Crippen LogP contribution in [0.15, 0.2) is 48.8 Å². The molecule has 182 valence electrons. The number of amides is 1. The minimum atomic E-state index is -4.21. The lowest BCUT2D eigenvalue weighted by Gasteiger charge is -2.25. The molecule has 10 heteroatoms. The second kappa shape index (κ2) is 8.83. The number of fused-ring (bicyclic) bond motifs is 2. The predicted octanol–water partition coefficient (Wildman–Crippen LogP) is 4.95. The first-order valence-electron chi connectivity index (χ1n) is 11.4. The van der Waals surface area contributed by atoms with E-state index in [2.05, 4.69) is 15.3 Å². The SMILES string of the molecule is CCc1nc2cc(F)ccn2c1C(=O)NCc1ccc(-c2cn3c(n2)C[C@@H](C(F)(F)F)CC3)cc1. The topological polar surface area (TPSA) is 64.2 Å². The zero-order chi connectivity index (χ0) is 24.7. The van der Waals surface area contributed by atoms with Crippen molar-refractivity contribution in [3.63, 3.8) is 0 Å². The number of alkyl halides is 3. The number of aromatic nitrogens is 4. The smallest absolute Gasteiger partial charge is 0.347 e. The molecule has 6 nitrogen and oxygen atoms in total. The normalized spacial score (nSPS) is 15.9. The fourth-order valence-electron chi connectivity index (χ4n) is 4.46. The van der Waals surface area contributed by atoms with Gasteiger partial charge in [-0.3, -0.25) is 9.20 Å². The fraction of sp³-hybridized carbons (Fsp3) is 0.320. The maximum atomic E-state index is 13.5. The third-order valence-electron chi connectivity index (χ3n) is 6.38. The van der Waals surface area contributed by atoms with Gasteiger partial charge in [-0.1, -0.05) is 31.2 Å². The van der Waals surface area contributed by atoms with E-state index < -0.39 is 17.9 Å². The number of carbonyl (C=O) groups excluding carboxylic acids is 1. The summed E-state index contributed by atoms with van der Waals surface area (Å²) in [6.07, 6.45) is -0.449. The van der Waals surface area contributed by atoms with Crippen molar-refractivity contribution in [3.8, 4) is 11.3 Å². The molecule has 0 fully saturated rings. The quantitative estimate of drug-likeness (QED) is 0.407. The second-order valence-corrected chi connectivity index (χ2v) is 8.68. The van der Waals surface area contributed by atoms with E-state index in [9.17, 15) is 22.4 Å². The Morgan fingerprint density at radius 3 is 2.66 bits per heavy atom. The minimum absolute atomic E-state index is 0.0616. The predicted molar refractivity (Wildman–Crippen MR) is 121 cm³/mol. The molecular weight excluding hydrogens is 462 g/mol. The van der Waals surface area contributed by atoms with Gasteiger partial charge in [0.2, 0.25) is 0 Å². The maximum Gasteiger partial charge on any atom is 0.392 e. The van der Waals surface area contributed by atoms with E-state index in [1.165, 1.54) is 18.3 Å². The van der Waals surface area contributed by atoms with Crippen molar-refractivity contribution < 1.29 is 22.4 Å². The molecule has 0 radical (unpaired) electrons. The summed E-state index contributed by atoms with van der Waals surface area (Å²) in [5.74, 6) is -1.64. The van der Waals surface area contributed by atoms with Crippen molar-refractivity contribution in [1.82, 2.24) is 24.3 Å². The standard InChI is InChI=1S/C25H23F4N5O/c1-2-19-23(34-10-8-18(26)12-22(34)31-19)24(35)30-13-15-3-5-16(6-4-15)20-14-33-9-7-17(25(27,28)29)11-21(33)32-20/h3-6,8,10,12,14,17H,2,7,9,11,13H2,1H3,(H,30,35)/t17-/m0/s1. The van der Waals surface area contributed by atoms with E-state index >= 15 is 0 Å². The van der Waals surface area contributed by atoms with Gasteiger partial charge in [-0.2, -0.15) is 13.2 Å². The van der Waals surface area contributed by atoms with Crippen molar-refractivity contribution in [2.75, 3.05) is 0 Å². The molecule has 1 amide bonds. The van der Waals surface area contributed by atoms with E-state index in [4.69, 9.17) is 0 Å². The minimum Gasteiger partial charge on any atom is -0.347 e. The van der Waals surface area contributed by atoms with Crippen LogP contribution < -0.4 is 5.32 Å². The molecule has 4 heterocycles. The van der Waals surface area contributed by atoms with Crippen LogP contribution in [0, 0.1) is 11.7 Å². The number of hydrogen-bond acceptors (Lipinski definition) is 3. The zero-order valence-corrected chi connectivity index (χ0v) is 18.9. The van der Waals surface area contributed by atoms with E-state index in [-0.39, 0.29) is 25.3 Å². The Labute approximate surface area is 198 Å². The van der Waals surface area contributed by atoms with Crippen molar-refractivity contribution in [1.29, 1.82) is 0 Å². The maximum absolute atomic E-state index is 13.5. The first kappa shape index (κ1) is 23.1. The molecule has 1 aromatic carbocycles. The Hall–Kier alpha value is -3.69. The van der Waals surface area contributed by atoms with E-state index in [1.54, 1.807) is 15.2 Å². The lowest BCUT2D eigenvalue weighted by Crippen LogP contribution is -2.31. The lowest BCUT2D eigenvalue weighted by atomic mass is 9.97. The Bertz CT molecular complexity index is 1390. The highest BCUT2D eigenvalue weighted by Crippen LogP contribution is 2.35. The van der Waals surface area contributed by atoms with Gasteiger partial charge < -0.3 is 9.88 Å². The summed E-state index contributed by atoms with van der Waals surface area (Å²) >= 11 is 0. The van der Waals surface area contributed by atoms with Crippen LogP contribution in [0.4, 0.5) is 17.6 Å². The van der Waals surface area contributed by atoms with Gasteiger partial charge in [0.25, 0.3) is 5.91 Å². The van der Waals surface area contributed by atoms with Gasteiger partial charge >= 0.3 is 6.18 Å². The van der Waals surface area contributed by atoms with Gasteiger partial charge in [-0.05, 0) is 24.5 Å². The number of nitrogens with zero attached hydrogens (tertiary/aromatic N) is 4. The molecule has 0 spiro atoms. The molecule has 1 aliphatic rings. The molecule has 1 atom stereocenters. The lowest BCUT2D eigenvalue weighted by molar-refractivity contribution is -0.179. The highest BCUT2D eigenvalue weighted by molar-refractivity contribution is 5.94. The molecule has 0 bridgehead atoms. The van der Waals surface area contributed by atoms with Crippen LogP contribution >= 0.6 is 0 Å². The third-order valence-corrected chi connectivity index (χ3v) is 6.38. The molecule has 35 heavy (non-hydrogen) atoms. The number of aryl methyl sites for hydroxylation is 2. The first-order chi connectivity index (χ1) is 16.7. The van der Waals surface area contributed by atoms with Crippen LogP contribution in [0.25, 0.3) is 16.9 Å². The Balaban J connectivity index is 1.28. The summed E-state index contributed by atoms with van der Waals surface area (Å²) in [7, 11) is 0. The van der Waals surface area contributed by atoms with Gasteiger partial charge in [0.05, 0.1) is 17.3 Å². The molecule has 3 aromatic heterocycles. The average Bonchev–Trinajstić information content (AvgIpc) is 3.42. The van der Waals surface area contributed by atoms with Crippen molar-refractivity contribution in [2.24, 2.45) is 5.92 Å². The molecule has 5 rings (SSSR count).